The Hall–Kier alpha value is -2.01. The molecule has 2 N–H and O–H groups in total. The summed E-state index contributed by atoms with van der Waals surface area (Å²) in [5.74, 6) is 0.677. The highest BCUT2D eigenvalue weighted by Gasteiger charge is 2.03. The highest BCUT2D eigenvalue weighted by molar-refractivity contribution is 7.80. The van der Waals surface area contributed by atoms with Gasteiger partial charge < -0.3 is 10.5 Å². The van der Waals surface area contributed by atoms with E-state index in [1.165, 1.54) is 0 Å². The first-order valence-electron chi connectivity index (χ1n) is 5.02. The maximum atomic E-state index is 5.49. The third-order valence-corrected chi connectivity index (χ3v) is 2.33. The van der Waals surface area contributed by atoms with Crippen LogP contribution in [0.1, 0.15) is 11.3 Å². The van der Waals surface area contributed by atoms with Gasteiger partial charge in [-0.3, -0.25) is 0 Å². The van der Waals surface area contributed by atoms with E-state index in [9.17, 15) is 0 Å². The summed E-state index contributed by atoms with van der Waals surface area (Å²) < 4.78 is 5.49. The second-order valence-corrected chi connectivity index (χ2v) is 3.94. The van der Waals surface area contributed by atoms with E-state index in [4.69, 9.17) is 22.7 Å². The van der Waals surface area contributed by atoms with Gasteiger partial charge in [-0.15, -0.1) is 0 Å². The molecule has 2 aromatic rings. The quantitative estimate of drug-likeness (QED) is 0.840. The summed E-state index contributed by atoms with van der Waals surface area (Å²) in [7, 11) is 0. The molecule has 1 aromatic heterocycles. The molecule has 0 saturated heterocycles. The van der Waals surface area contributed by atoms with E-state index in [-0.39, 0.29) is 11.0 Å². The van der Waals surface area contributed by atoms with Crippen molar-refractivity contribution in [2.75, 3.05) is 0 Å². The first-order valence-corrected chi connectivity index (χ1v) is 5.43. The van der Waals surface area contributed by atoms with Gasteiger partial charge in [-0.1, -0.05) is 29.9 Å². The number of nitrogens with zero attached hydrogens (tertiary/aromatic N) is 2. The Bertz CT molecular complexity index is 540. The van der Waals surface area contributed by atoms with E-state index in [1.807, 2.05) is 31.2 Å². The van der Waals surface area contributed by atoms with Crippen LogP contribution in [-0.4, -0.2) is 15.0 Å². The molecule has 0 unspecified atom stereocenters. The second kappa shape index (κ2) is 4.88. The molecule has 0 atom stereocenters. The van der Waals surface area contributed by atoms with Crippen molar-refractivity contribution < 1.29 is 4.74 Å². The zero-order valence-electron chi connectivity index (χ0n) is 9.25. The van der Waals surface area contributed by atoms with Crippen molar-refractivity contribution in [3.05, 3.63) is 47.8 Å². The maximum absolute atomic E-state index is 5.49. The first-order chi connectivity index (χ1) is 8.15. The summed E-state index contributed by atoms with van der Waals surface area (Å²) in [6.45, 7) is 2.01. The van der Waals surface area contributed by atoms with Crippen LogP contribution >= 0.6 is 12.2 Å². The average molecular weight is 245 g/mol. The summed E-state index contributed by atoms with van der Waals surface area (Å²) in [4.78, 5) is 8.30. The summed E-state index contributed by atoms with van der Waals surface area (Å²) >= 11 is 4.84. The SMILES string of the molecule is Cc1ccc(Oc2nccc(C(N)=S)n2)cc1. The van der Waals surface area contributed by atoms with E-state index in [0.29, 0.717) is 11.4 Å². The Morgan fingerprint density at radius 1 is 1.24 bits per heavy atom. The fraction of sp³-hybridized carbons (Fsp3) is 0.0833. The molecule has 0 aliphatic rings. The largest absolute Gasteiger partial charge is 0.424 e. The number of hydrogen-bond acceptors (Lipinski definition) is 4. The van der Waals surface area contributed by atoms with Crippen LogP contribution in [0.25, 0.3) is 0 Å². The lowest BCUT2D eigenvalue weighted by atomic mass is 10.2. The summed E-state index contributed by atoms with van der Waals surface area (Å²) in [5, 5.41) is 0. The van der Waals surface area contributed by atoms with Gasteiger partial charge in [0.2, 0.25) is 0 Å². The number of ether oxygens (including phenoxy) is 1. The molecule has 4 nitrogen and oxygen atoms in total. The summed E-state index contributed by atoms with van der Waals surface area (Å²) in [6, 6.07) is 9.49. The number of aromatic nitrogens is 2. The Kier molecular flexibility index (Phi) is 3.30. The van der Waals surface area contributed by atoms with E-state index in [0.717, 1.165) is 5.56 Å². The normalized spacial score (nSPS) is 9.94. The molecule has 17 heavy (non-hydrogen) atoms. The van der Waals surface area contributed by atoms with Gasteiger partial charge in [0.05, 0.1) is 0 Å². The number of nitrogens with two attached hydrogens (primary N) is 1. The summed E-state index contributed by atoms with van der Waals surface area (Å²) in [6.07, 6.45) is 1.56. The van der Waals surface area contributed by atoms with Gasteiger partial charge in [-0.25, -0.2) is 4.98 Å². The second-order valence-electron chi connectivity index (χ2n) is 3.50. The van der Waals surface area contributed by atoms with Crippen molar-refractivity contribution in [3.63, 3.8) is 0 Å². The van der Waals surface area contributed by atoms with E-state index in [1.54, 1.807) is 12.3 Å². The highest BCUT2D eigenvalue weighted by Crippen LogP contribution is 2.17. The lowest BCUT2D eigenvalue weighted by Crippen LogP contribution is -2.12. The Morgan fingerprint density at radius 3 is 2.59 bits per heavy atom. The molecular formula is C12H11N3OS. The van der Waals surface area contributed by atoms with Crippen LogP contribution < -0.4 is 10.5 Å². The molecule has 86 valence electrons. The standard InChI is InChI=1S/C12H11N3OS/c1-8-2-4-9(5-3-8)16-12-14-7-6-10(15-12)11(13)17/h2-7H,1H3,(H2,13,17). The molecule has 0 amide bonds. The molecule has 0 radical (unpaired) electrons. The molecule has 0 aliphatic carbocycles. The predicted octanol–water partition coefficient (Wildman–Crippen LogP) is 2.21. The molecule has 1 aromatic carbocycles. The monoisotopic (exact) mass is 245 g/mol. The van der Waals surface area contributed by atoms with Crippen LogP contribution in [-0.2, 0) is 0 Å². The van der Waals surface area contributed by atoms with Crippen molar-refractivity contribution in [3.8, 4) is 11.8 Å². The minimum Gasteiger partial charge on any atom is -0.424 e. The topological polar surface area (TPSA) is 61.0 Å². The molecule has 0 aliphatic heterocycles. The first kappa shape index (κ1) is 11.5. The van der Waals surface area contributed by atoms with E-state index >= 15 is 0 Å². The molecular weight excluding hydrogens is 234 g/mol. The van der Waals surface area contributed by atoms with Gasteiger partial charge in [0.1, 0.15) is 16.4 Å². The van der Waals surface area contributed by atoms with Gasteiger partial charge in [0, 0.05) is 6.20 Å². The number of benzene rings is 1. The van der Waals surface area contributed by atoms with Crippen LogP contribution in [0.15, 0.2) is 36.5 Å². The molecule has 0 saturated carbocycles. The number of aryl methyl sites for hydroxylation is 1. The minimum atomic E-state index is 0.223. The summed E-state index contributed by atoms with van der Waals surface area (Å²) in [5.41, 5.74) is 7.14. The smallest absolute Gasteiger partial charge is 0.322 e. The van der Waals surface area contributed by atoms with Gasteiger partial charge in [0.15, 0.2) is 0 Å². The molecule has 0 fully saturated rings. The highest BCUT2D eigenvalue weighted by atomic mass is 32.1. The van der Waals surface area contributed by atoms with Gasteiger partial charge in [-0.05, 0) is 25.1 Å². The Balaban J connectivity index is 2.21. The molecule has 0 spiro atoms. The molecule has 0 bridgehead atoms. The molecule has 1 heterocycles. The number of rotatable bonds is 3. The van der Waals surface area contributed by atoms with Gasteiger partial charge in [-0.2, -0.15) is 4.98 Å². The number of thiocarbonyl (C=S) groups is 1. The van der Waals surface area contributed by atoms with Gasteiger partial charge >= 0.3 is 6.01 Å². The van der Waals surface area contributed by atoms with Crippen molar-refractivity contribution in [1.29, 1.82) is 0 Å². The zero-order chi connectivity index (χ0) is 12.3. The van der Waals surface area contributed by atoms with Crippen LogP contribution in [0, 0.1) is 6.92 Å². The third-order valence-electron chi connectivity index (χ3n) is 2.12. The fourth-order valence-corrected chi connectivity index (χ4v) is 1.35. The minimum absolute atomic E-state index is 0.223. The molecule has 2 rings (SSSR count). The fourth-order valence-electron chi connectivity index (χ4n) is 1.24. The van der Waals surface area contributed by atoms with Crippen LogP contribution in [0.5, 0.6) is 11.8 Å². The van der Waals surface area contributed by atoms with Crippen molar-refractivity contribution in [1.82, 2.24) is 9.97 Å². The predicted molar refractivity (Wildman–Crippen MR) is 69.2 cm³/mol. The van der Waals surface area contributed by atoms with Crippen LogP contribution in [0.4, 0.5) is 0 Å². The average Bonchev–Trinajstić information content (AvgIpc) is 2.32. The van der Waals surface area contributed by atoms with E-state index in [2.05, 4.69) is 9.97 Å². The lowest BCUT2D eigenvalue weighted by molar-refractivity contribution is 0.441. The Labute approximate surface area is 104 Å². The zero-order valence-corrected chi connectivity index (χ0v) is 10.1. The van der Waals surface area contributed by atoms with Crippen molar-refractivity contribution in [2.45, 2.75) is 6.92 Å². The van der Waals surface area contributed by atoms with Crippen molar-refractivity contribution >= 4 is 17.2 Å². The number of hydrogen-bond donors (Lipinski definition) is 1. The Morgan fingerprint density at radius 2 is 1.94 bits per heavy atom. The van der Waals surface area contributed by atoms with Gasteiger partial charge in [0.25, 0.3) is 0 Å². The lowest BCUT2D eigenvalue weighted by Gasteiger charge is -2.04. The van der Waals surface area contributed by atoms with Crippen LogP contribution in [0.2, 0.25) is 0 Å². The van der Waals surface area contributed by atoms with Crippen LogP contribution in [0.3, 0.4) is 0 Å². The van der Waals surface area contributed by atoms with E-state index < -0.39 is 0 Å². The third kappa shape index (κ3) is 2.98. The maximum Gasteiger partial charge on any atom is 0.322 e. The van der Waals surface area contributed by atoms with Crippen molar-refractivity contribution in [2.24, 2.45) is 5.73 Å². The molecule has 5 heteroatoms.